The molecule has 0 spiro atoms. The molecule has 0 aliphatic rings. The van der Waals surface area contributed by atoms with E-state index in [1.807, 2.05) is 0 Å². The second kappa shape index (κ2) is 2.94. The van der Waals surface area contributed by atoms with Crippen molar-refractivity contribution in [2.75, 3.05) is 5.73 Å². The number of anilines is 1. The first kappa shape index (κ1) is 8.93. The van der Waals surface area contributed by atoms with Crippen LogP contribution >= 0.6 is 0 Å². The van der Waals surface area contributed by atoms with Gasteiger partial charge in [-0.05, 0) is 13.0 Å². The molecule has 3 nitrogen and oxygen atoms in total. The number of halogens is 2. The number of alkyl halides is 2. The summed E-state index contributed by atoms with van der Waals surface area (Å²) in [5.41, 5.74) is 6.36. The molecule has 2 N–H and O–H groups in total. The van der Waals surface area contributed by atoms with E-state index in [1.165, 1.54) is 12.3 Å². The quantitative estimate of drug-likeness (QED) is 0.762. The molecule has 0 radical (unpaired) electrons. The third-order valence-corrected chi connectivity index (χ3v) is 2.13. The molecule has 0 saturated heterocycles. The lowest BCUT2D eigenvalue weighted by molar-refractivity contribution is 0.0733. The SMILES string of the molecule is Cc1cc2cnc(N)cc2n1C(F)F. The van der Waals surface area contributed by atoms with Crippen molar-refractivity contribution in [1.82, 2.24) is 9.55 Å². The smallest absolute Gasteiger partial charge is 0.319 e. The summed E-state index contributed by atoms with van der Waals surface area (Å²) in [6.45, 7) is -0.920. The maximum atomic E-state index is 12.6. The number of nitrogens with two attached hydrogens (primary N) is 1. The van der Waals surface area contributed by atoms with E-state index in [0.29, 0.717) is 16.6 Å². The molecule has 0 aromatic carbocycles. The van der Waals surface area contributed by atoms with Crippen LogP contribution in [0.1, 0.15) is 12.2 Å². The lowest BCUT2D eigenvalue weighted by Crippen LogP contribution is -2.00. The summed E-state index contributed by atoms with van der Waals surface area (Å²) in [5, 5.41) is 0.678. The first-order chi connectivity index (χ1) is 6.59. The van der Waals surface area contributed by atoms with Crippen molar-refractivity contribution in [3.63, 3.8) is 0 Å². The van der Waals surface area contributed by atoms with Crippen LogP contribution in [0.25, 0.3) is 10.9 Å². The van der Waals surface area contributed by atoms with Gasteiger partial charge in [0.05, 0.1) is 5.52 Å². The zero-order valence-electron chi connectivity index (χ0n) is 7.54. The van der Waals surface area contributed by atoms with Gasteiger partial charge in [0, 0.05) is 23.3 Å². The fourth-order valence-electron chi connectivity index (χ4n) is 1.53. The van der Waals surface area contributed by atoms with Gasteiger partial charge in [-0.15, -0.1) is 0 Å². The van der Waals surface area contributed by atoms with E-state index in [2.05, 4.69) is 4.98 Å². The Morgan fingerprint density at radius 2 is 2.14 bits per heavy atom. The standard InChI is InChI=1S/C9H9F2N3/c1-5-2-6-4-13-8(12)3-7(6)14(5)9(10)11/h2-4,9H,1H3,(H2,12,13). The van der Waals surface area contributed by atoms with Gasteiger partial charge >= 0.3 is 6.55 Å². The van der Waals surface area contributed by atoms with Crippen LogP contribution in [0.4, 0.5) is 14.6 Å². The summed E-state index contributed by atoms with van der Waals surface area (Å²) in [5.74, 6) is 0.248. The molecular formula is C9H9F2N3. The third kappa shape index (κ3) is 1.21. The summed E-state index contributed by atoms with van der Waals surface area (Å²) in [7, 11) is 0. The van der Waals surface area contributed by atoms with Crippen LogP contribution < -0.4 is 5.73 Å². The number of aryl methyl sites for hydroxylation is 1. The fourth-order valence-corrected chi connectivity index (χ4v) is 1.53. The second-order valence-electron chi connectivity index (χ2n) is 3.10. The highest BCUT2D eigenvalue weighted by molar-refractivity contribution is 5.82. The highest BCUT2D eigenvalue weighted by Crippen LogP contribution is 2.25. The van der Waals surface area contributed by atoms with Crippen molar-refractivity contribution >= 4 is 16.7 Å². The normalized spacial score (nSPS) is 11.4. The molecule has 0 saturated carbocycles. The van der Waals surface area contributed by atoms with E-state index in [9.17, 15) is 8.78 Å². The zero-order chi connectivity index (χ0) is 10.3. The molecule has 2 aromatic rings. The number of fused-ring (bicyclic) bond motifs is 1. The number of hydrogen-bond donors (Lipinski definition) is 1. The maximum absolute atomic E-state index is 12.6. The molecule has 0 atom stereocenters. The number of hydrogen-bond acceptors (Lipinski definition) is 2. The van der Waals surface area contributed by atoms with Gasteiger partial charge in [0.25, 0.3) is 0 Å². The average Bonchev–Trinajstić information content (AvgIpc) is 2.40. The molecule has 0 unspecified atom stereocenters. The first-order valence-corrected chi connectivity index (χ1v) is 4.11. The lowest BCUT2D eigenvalue weighted by Gasteiger charge is -2.05. The Morgan fingerprint density at radius 1 is 1.43 bits per heavy atom. The van der Waals surface area contributed by atoms with Gasteiger partial charge in [-0.1, -0.05) is 0 Å². The van der Waals surface area contributed by atoms with Crippen LogP contribution in [0, 0.1) is 6.92 Å². The van der Waals surface area contributed by atoms with Gasteiger partial charge in [-0.3, -0.25) is 4.57 Å². The molecule has 0 amide bonds. The molecule has 0 aliphatic heterocycles. The van der Waals surface area contributed by atoms with Crippen LogP contribution in [0.15, 0.2) is 18.3 Å². The topological polar surface area (TPSA) is 43.8 Å². The van der Waals surface area contributed by atoms with Crippen LogP contribution in [-0.4, -0.2) is 9.55 Å². The molecule has 0 aliphatic carbocycles. The van der Waals surface area contributed by atoms with Gasteiger partial charge in [0.1, 0.15) is 5.82 Å². The van der Waals surface area contributed by atoms with E-state index >= 15 is 0 Å². The van der Waals surface area contributed by atoms with E-state index < -0.39 is 6.55 Å². The highest BCUT2D eigenvalue weighted by Gasteiger charge is 2.13. The van der Waals surface area contributed by atoms with Crippen molar-refractivity contribution in [3.8, 4) is 0 Å². The number of nitrogens with zero attached hydrogens (tertiary/aromatic N) is 2. The largest absolute Gasteiger partial charge is 0.384 e. The van der Waals surface area contributed by atoms with Crippen molar-refractivity contribution in [1.29, 1.82) is 0 Å². The predicted octanol–water partition coefficient (Wildman–Crippen LogP) is 2.32. The van der Waals surface area contributed by atoms with E-state index in [4.69, 9.17) is 5.73 Å². The van der Waals surface area contributed by atoms with Crippen molar-refractivity contribution in [2.45, 2.75) is 13.5 Å². The second-order valence-corrected chi connectivity index (χ2v) is 3.10. The molecule has 2 rings (SSSR count). The molecule has 2 aromatic heterocycles. The van der Waals surface area contributed by atoms with E-state index in [-0.39, 0.29) is 5.82 Å². The van der Waals surface area contributed by atoms with Gasteiger partial charge in [0.2, 0.25) is 0 Å². The minimum atomic E-state index is -2.55. The molecule has 5 heteroatoms. The summed E-state index contributed by atoms with van der Waals surface area (Å²) >= 11 is 0. The first-order valence-electron chi connectivity index (χ1n) is 4.11. The summed E-state index contributed by atoms with van der Waals surface area (Å²) in [4.78, 5) is 3.84. The van der Waals surface area contributed by atoms with Crippen molar-refractivity contribution in [3.05, 3.63) is 24.0 Å². The zero-order valence-corrected chi connectivity index (χ0v) is 7.54. The maximum Gasteiger partial charge on any atom is 0.319 e. The summed E-state index contributed by atoms with van der Waals surface area (Å²) in [6, 6.07) is 3.11. The Bertz CT molecular complexity index is 476. The van der Waals surface area contributed by atoms with Crippen LogP contribution in [-0.2, 0) is 0 Å². The number of pyridine rings is 1. The average molecular weight is 197 g/mol. The Kier molecular flexibility index (Phi) is 1.87. The van der Waals surface area contributed by atoms with Crippen LogP contribution in [0.5, 0.6) is 0 Å². The number of aromatic nitrogens is 2. The predicted molar refractivity (Wildman–Crippen MR) is 50.1 cm³/mol. The summed E-state index contributed by atoms with van der Waals surface area (Å²) < 4.78 is 26.2. The molecule has 14 heavy (non-hydrogen) atoms. The number of nitrogen functional groups attached to an aromatic ring is 1. The van der Waals surface area contributed by atoms with Gasteiger partial charge < -0.3 is 5.73 Å². The fraction of sp³-hybridized carbons (Fsp3) is 0.222. The Hall–Kier alpha value is -1.65. The van der Waals surface area contributed by atoms with E-state index in [1.54, 1.807) is 13.0 Å². The molecule has 0 fully saturated rings. The molecule has 2 heterocycles. The lowest BCUT2D eigenvalue weighted by atomic mass is 10.3. The van der Waals surface area contributed by atoms with Gasteiger partial charge in [-0.2, -0.15) is 8.78 Å². The van der Waals surface area contributed by atoms with Crippen LogP contribution in [0.2, 0.25) is 0 Å². The Labute approximate surface area is 79.2 Å². The number of rotatable bonds is 1. The Balaban J connectivity index is 2.79. The third-order valence-electron chi connectivity index (χ3n) is 2.13. The highest BCUT2D eigenvalue weighted by atomic mass is 19.3. The minimum Gasteiger partial charge on any atom is -0.384 e. The molecule has 74 valence electrons. The van der Waals surface area contributed by atoms with Crippen LogP contribution in [0.3, 0.4) is 0 Å². The minimum absolute atomic E-state index is 0.248. The van der Waals surface area contributed by atoms with Crippen molar-refractivity contribution < 1.29 is 8.78 Å². The Morgan fingerprint density at radius 3 is 2.79 bits per heavy atom. The summed E-state index contributed by atoms with van der Waals surface area (Å²) in [6.07, 6.45) is 1.50. The monoisotopic (exact) mass is 197 g/mol. The van der Waals surface area contributed by atoms with E-state index in [0.717, 1.165) is 4.57 Å². The molecule has 0 bridgehead atoms. The van der Waals surface area contributed by atoms with Gasteiger partial charge in [0.15, 0.2) is 0 Å². The molecular weight excluding hydrogens is 188 g/mol. The van der Waals surface area contributed by atoms with Crippen molar-refractivity contribution in [2.24, 2.45) is 0 Å². The van der Waals surface area contributed by atoms with Gasteiger partial charge in [-0.25, -0.2) is 4.98 Å².